The third kappa shape index (κ3) is 2.54. The average Bonchev–Trinajstić information content (AvgIpc) is 2.03. The number of anilines is 1. The van der Waals surface area contributed by atoms with Crippen molar-refractivity contribution in [1.82, 2.24) is 0 Å². The number of hydrogen-bond acceptors (Lipinski definition) is 1. The van der Waals surface area contributed by atoms with E-state index in [-0.39, 0.29) is 0 Å². The van der Waals surface area contributed by atoms with Gasteiger partial charge in [0.1, 0.15) is 0 Å². The maximum atomic E-state index is 5.77. The molecule has 0 radical (unpaired) electrons. The molecule has 0 aliphatic heterocycles. The van der Waals surface area contributed by atoms with E-state index >= 15 is 0 Å². The average molecular weight is 247 g/mol. The predicted octanol–water partition coefficient (Wildman–Crippen LogP) is 3.70. The standard InChI is InChI=1S/C9H9BrClN/c1-2-5-12-9-4-3-7(11)6-8(9)10/h2-4,6,12H,1,5H2. The van der Waals surface area contributed by atoms with Crippen LogP contribution in [0, 0.1) is 0 Å². The lowest BCUT2D eigenvalue weighted by Gasteiger charge is -2.05. The van der Waals surface area contributed by atoms with E-state index in [4.69, 9.17) is 11.6 Å². The van der Waals surface area contributed by atoms with E-state index in [2.05, 4.69) is 27.8 Å². The van der Waals surface area contributed by atoms with Crippen LogP contribution in [-0.2, 0) is 0 Å². The Kier molecular flexibility index (Phi) is 3.63. The number of benzene rings is 1. The van der Waals surface area contributed by atoms with Crippen molar-refractivity contribution >= 4 is 33.2 Å². The van der Waals surface area contributed by atoms with E-state index in [1.54, 1.807) is 6.08 Å². The molecule has 0 aromatic heterocycles. The van der Waals surface area contributed by atoms with Crippen LogP contribution < -0.4 is 5.32 Å². The van der Waals surface area contributed by atoms with Crippen molar-refractivity contribution in [2.45, 2.75) is 0 Å². The van der Waals surface area contributed by atoms with Gasteiger partial charge in [-0.05, 0) is 34.1 Å². The SMILES string of the molecule is C=CCNc1ccc(Cl)cc1Br. The van der Waals surface area contributed by atoms with Crippen LogP contribution in [-0.4, -0.2) is 6.54 Å². The van der Waals surface area contributed by atoms with Gasteiger partial charge in [-0.2, -0.15) is 0 Å². The summed E-state index contributed by atoms with van der Waals surface area (Å²) in [6.07, 6.45) is 1.81. The van der Waals surface area contributed by atoms with E-state index in [0.717, 1.165) is 21.7 Å². The third-order valence-corrected chi connectivity index (χ3v) is 2.26. The van der Waals surface area contributed by atoms with Crippen LogP contribution in [0.1, 0.15) is 0 Å². The van der Waals surface area contributed by atoms with Crippen LogP contribution >= 0.6 is 27.5 Å². The molecule has 0 aliphatic carbocycles. The van der Waals surface area contributed by atoms with E-state index in [1.807, 2.05) is 18.2 Å². The molecule has 12 heavy (non-hydrogen) atoms. The van der Waals surface area contributed by atoms with Crippen LogP contribution in [0.25, 0.3) is 0 Å². The van der Waals surface area contributed by atoms with Crippen molar-refractivity contribution in [1.29, 1.82) is 0 Å². The Morgan fingerprint density at radius 2 is 2.33 bits per heavy atom. The second-order valence-corrected chi connectivity index (χ2v) is 3.58. The largest absolute Gasteiger partial charge is 0.381 e. The summed E-state index contributed by atoms with van der Waals surface area (Å²) in [5.41, 5.74) is 1.03. The maximum absolute atomic E-state index is 5.77. The molecule has 0 unspecified atom stereocenters. The topological polar surface area (TPSA) is 12.0 Å². The van der Waals surface area contributed by atoms with Gasteiger partial charge in [0.15, 0.2) is 0 Å². The Balaban J connectivity index is 2.78. The van der Waals surface area contributed by atoms with E-state index in [0.29, 0.717) is 0 Å². The van der Waals surface area contributed by atoms with Crippen LogP contribution in [0.2, 0.25) is 5.02 Å². The minimum Gasteiger partial charge on any atom is -0.381 e. The molecule has 1 N–H and O–H groups in total. The first kappa shape index (κ1) is 9.62. The fourth-order valence-electron chi connectivity index (χ4n) is 0.815. The Morgan fingerprint density at radius 3 is 2.92 bits per heavy atom. The van der Waals surface area contributed by atoms with Gasteiger partial charge < -0.3 is 5.32 Å². The van der Waals surface area contributed by atoms with Gasteiger partial charge in [0, 0.05) is 21.7 Å². The van der Waals surface area contributed by atoms with Gasteiger partial charge in [-0.1, -0.05) is 17.7 Å². The summed E-state index contributed by atoms with van der Waals surface area (Å²) in [6, 6.07) is 5.63. The molecule has 0 fully saturated rings. The summed E-state index contributed by atoms with van der Waals surface area (Å²) in [5.74, 6) is 0. The first-order valence-corrected chi connectivity index (χ1v) is 4.71. The summed E-state index contributed by atoms with van der Waals surface area (Å²) in [6.45, 7) is 4.37. The molecule has 1 aromatic rings. The summed E-state index contributed by atoms with van der Waals surface area (Å²) >= 11 is 9.17. The second kappa shape index (κ2) is 4.53. The smallest absolute Gasteiger partial charge is 0.0488 e. The first-order valence-electron chi connectivity index (χ1n) is 3.54. The molecule has 0 heterocycles. The van der Waals surface area contributed by atoms with E-state index in [1.165, 1.54) is 0 Å². The molecule has 0 spiro atoms. The second-order valence-electron chi connectivity index (χ2n) is 2.29. The summed E-state index contributed by atoms with van der Waals surface area (Å²) in [7, 11) is 0. The lowest BCUT2D eigenvalue weighted by atomic mass is 10.3. The molecule has 1 nitrogen and oxygen atoms in total. The molecule has 1 aromatic carbocycles. The summed E-state index contributed by atoms with van der Waals surface area (Å²) in [4.78, 5) is 0. The first-order chi connectivity index (χ1) is 5.74. The zero-order valence-electron chi connectivity index (χ0n) is 6.48. The van der Waals surface area contributed by atoms with Crippen molar-refractivity contribution < 1.29 is 0 Å². The highest BCUT2D eigenvalue weighted by atomic mass is 79.9. The van der Waals surface area contributed by atoms with E-state index < -0.39 is 0 Å². The van der Waals surface area contributed by atoms with Gasteiger partial charge in [-0.3, -0.25) is 0 Å². The van der Waals surface area contributed by atoms with Gasteiger partial charge in [0.2, 0.25) is 0 Å². The molecule has 0 saturated carbocycles. The molecule has 0 bridgehead atoms. The van der Waals surface area contributed by atoms with Crippen molar-refractivity contribution in [3.63, 3.8) is 0 Å². The predicted molar refractivity (Wildman–Crippen MR) is 57.8 cm³/mol. The molecule has 3 heteroatoms. The van der Waals surface area contributed by atoms with E-state index in [9.17, 15) is 0 Å². The highest BCUT2D eigenvalue weighted by molar-refractivity contribution is 9.10. The summed E-state index contributed by atoms with van der Waals surface area (Å²) in [5, 5.41) is 3.89. The lowest BCUT2D eigenvalue weighted by molar-refractivity contribution is 1.33. The molecule has 1 rings (SSSR count). The van der Waals surface area contributed by atoms with Crippen LogP contribution in [0.15, 0.2) is 35.3 Å². The Bertz CT molecular complexity index is 286. The quantitative estimate of drug-likeness (QED) is 0.802. The van der Waals surface area contributed by atoms with Gasteiger partial charge >= 0.3 is 0 Å². The minimum absolute atomic E-state index is 0.728. The third-order valence-electron chi connectivity index (χ3n) is 1.37. The van der Waals surface area contributed by atoms with Gasteiger partial charge in [-0.15, -0.1) is 6.58 Å². The zero-order valence-corrected chi connectivity index (χ0v) is 8.82. The minimum atomic E-state index is 0.728. The molecule has 0 amide bonds. The monoisotopic (exact) mass is 245 g/mol. The molecule has 64 valence electrons. The van der Waals surface area contributed by atoms with Crippen molar-refractivity contribution in [3.8, 4) is 0 Å². The number of hydrogen-bond donors (Lipinski definition) is 1. The fraction of sp³-hybridized carbons (Fsp3) is 0.111. The van der Waals surface area contributed by atoms with Gasteiger partial charge in [0.25, 0.3) is 0 Å². The maximum Gasteiger partial charge on any atom is 0.0488 e. The number of nitrogens with one attached hydrogen (secondary N) is 1. The molecule has 0 aliphatic rings. The van der Waals surface area contributed by atoms with Gasteiger partial charge in [-0.25, -0.2) is 0 Å². The Hall–Kier alpha value is -0.470. The Labute approximate surface area is 85.6 Å². The summed E-state index contributed by atoms with van der Waals surface area (Å²) < 4.78 is 0.969. The Morgan fingerprint density at radius 1 is 1.58 bits per heavy atom. The van der Waals surface area contributed by atoms with Crippen LogP contribution in [0.5, 0.6) is 0 Å². The van der Waals surface area contributed by atoms with Crippen molar-refractivity contribution in [2.24, 2.45) is 0 Å². The van der Waals surface area contributed by atoms with Gasteiger partial charge in [0.05, 0.1) is 0 Å². The highest BCUT2D eigenvalue weighted by Gasteiger charge is 1.97. The molecule has 0 saturated heterocycles. The molecular weight excluding hydrogens is 237 g/mol. The number of halogens is 2. The zero-order chi connectivity index (χ0) is 8.97. The van der Waals surface area contributed by atoms with Crippen molar-refractivity contribution in [2.75, 3.05) is 11.9 Å². The fourth-order valence-corrected chi connectivity index (χ4v) is 1.64. The lowest BCUT2D eigenvalue weighted by Crippen LogP contribution is -1.97. The van der Waals surface area contributed by atoms with Crippen LogP contribution in [0.4, 0.5) is 5.69 Å². The van der Waals surface area contributed by atoms with Crippen molar-refractivity contribution in [3.05, 3.63) is 40.3 Å². The molecular formula is C9H9BrClN. The number of rotatable bonds is 3. The van der Waals surface area contributed by atoms with Crippen LogP contribution in [0.3, 0.4) is 0 Å². The highest BCUT2D eigenvalue weighted by Crippen LogP contribution is 2.25. The normalized spacial score (nSPS) is 9.50. The molecule has 0 atom stereocenters.